The first-order chi connectivity index (χ1) is 15.6. The highest BCUT2D eigenvalue weighted by molar-refractivity contribution is 5.76. The summed E-state index contributed by atoms with van der Waals surface area (Å²) in [5.41, 5.74) is 6.73. The number of aromatic nitrogens is 2. The van der Waals surface area contributed by atoms with E-state index in [1.807, 2.05) is 41.0 Å². The zero-order valence-electron chi connectivity index (χ0n) is 18.4. The van der Waals surface area contributed by atoms with Crippen molar-refractivity contribution in [2.24, 2.45) is 0 Å². The third kappa shape index (κ3) is 4.01. The number of fused-ring (bicyclic) bond motifs is 2. The molecule has 1 aromatic heterocycles. The summed E-state index contributed by atoms with van der Waals surface area (Å²) in [6.07, 6.45) is 0.383. The Labute approximate surface area is 188 Å². The van der Waals surface area contributed by atoms with Gasteiger partial charge in [-0.2, -0.15) is 0 Å². The van der Waals surface area contributed by atoms with Crippen molar-refractivity contribution in [2.75, 3.05) is 13.1 Å². The van der Waals surface area contributed by atoms with Gasteiger partial charge in [0.25, 0.3) is 0 Å². The minimum atomic E-state index is -0.615. The Kier molecular flexibility index (Phi) is 5.68. The Morgan fingerprint density at radius 2 is 1.50 bits per heavy atom. The van der Waals surface area contributed by atoms with Gasteiger partial charge in [-0.3, -0.25) is 14.0 Å². The van der Waals surface area contributed by atoms with E-state index in [9.17, 15) is 9.90 Å². The van der Waals surface area contributed by atoms with Crippen molar-refractivity contribution >= 4 is 11.0 Å². The van der Waals surface area contributed by atoms with Crippen LogP contribution in [0.25, 0.3) is 11.0 Å². The third-order valence-electron chi connectivity index (χ3n) is 6.59. The third-order valence-corrected chi connectivity index (χ3v) is 6.59. The number of imidazole rings is 1. The smallest absolute Gasteiger partial charge is 0.329 e. The SMILES string of the molecule is Cc1ccccc1Cn1c(=O)n(CC(O)CN2CCc3ccccc3C2)c2ccccc21. The maximum absolute atomic E-state index is 13.4. The van der Waals surface area contributed by atoms with E-state index in [4.69, 9.17) is 0 Å². The molecular formula is C27H29N3O2. The summed E-state index contributed by atoms with van der Waals surface area (Å²) in [5.74, 6) is 0. The van der Waals surface area contributed by atoms with Gasteiger partial charge in [0.15, 0.2) is 0 Å². The molecule has 1 unspecified atom stereocenters. The fourth-order valence-electron chi connectivity index (χ4n) is 4.84. The van der Waals surface area contributed by atoms with Gasteiger partial charge in [-0.25, -0.2) is 4.79 Å². The molecule has 1 aliphatic heterocycles. The van der Waals surface area contributed by atoms with Crippen LogP contribution in [0.2, 0.25) is 0 Å². The van der Waals surface area contributed by atoms with E-state index in [-0.39, 0.29) is 12.2 Å². The number of aryl methyl sites for hydroxylation is 1. The molecule has 2 heterocycles. The fourth-order valence-corrected chi connectivity index (χ4v) is 4.84. The van der Waals surface area contributed by atoms with E-state index in [0.717, 1.165) is 36.1 Å². The first-order valence-electron chi connectivity index (χ1n) is 11.3. The van der Waals surface area contributed by atoms with E-state index < -0.39 is 6.10 Å². The average Bonchev–Trinajstić information content (AvgIpc) is 3.06. The highest BCUT2D eigenvalue weighted by Gasteiger charge is 2.21. The van der Waals surface area contributed by atoms with Gasteiger partial charge in [0, 0.05) is 19.6 Å². The number of para-hydroxylation sites is 2. The normalized spacial score (nSPS) is 15.1. The van der Waals surface area contributed by atoms with Gasteiger partial charge in [-0.05, 0) is 47.7 Å². The van der Waals surface area contributed by atoms with Gasteiger partial charge in [-0.1, -0.05) is 60.7 Å². The highest BCUT2D eigenvalue weighted by Crippen LogP contribution is 2.20. The molecule has 0 saturated carbocycles. The number of aliphatic hydroxyl groups is 1. The van der Waals surface area contributed by atoms with Crippen molar-refractivity contribution in [3.63, 3.8) is 0 Å². The molecule has 1 aliphatic rings. The molecule has 5 rings (SSSR count). The lowest BCUT2D eigenvalue weighted by Crippen LogP contribution is -2.39. The lowest BCUT2D eigenvalue weighted by atomic mass is 10.00. The lowest BCUT2D eigenvalue weighted by molar-refractivity contribution is 0.0918. The van der Waals surface area contributed by atoms with Gasteiger partial charge in [0.2, 0.25) is 0 Å². The van der Waals surface area contributed by atoms with Crippen molar-refractivity contribution in [2.45, 2.75) is 39.1 Å². The Bertz CT molecular complexity index is 1300. The van der Waals surface area contributed by atoms with Gasteiger partial charge in [0.1, 0.15) is 0 Å². The van der Waals surface area contributed by atoms with Crippen molar-refractivity contribution in [1.29, 1.82) is 0 Å². The molecule has 1 N–H and O–H groups in total. The fraction of sp³-hybridized carbons (Fsp3) is 0.296. The topological polar surface area (TPSA) is 50.4 Å². The number of hydrogen-bond acceptors (Lipinski definition) is 3. The highest BCUT2D eigenvalue weighted by atomic mass is 16.3. The Hall–Kier alpha value is -3.15. The molecule has 3 aromatic carbocycles. The number of nitrogens with zero attached hydrogens (tertiary/aromatic N) is 3. The molecule has 0 amide bonds. The summed E-state index contributed by atoms with van der Waals surface area (Å²) in [5, 5.41) is 10.9. The largest absolute Gasteiger partial charge is 0.390 e. The summed E-state index contributed by atoms with van der Waals surface area (Å²) < 4.78 is 3.55. The summed E-state index contributed by atoms with van der Waals surface area (Å²) in [6.45, 7) is 5.21. The Morgan fingerprint density at radius 1 is 0.844 bits per heavy atom. The standard InChI is InChI=1S/C27H29N3O2/c1-20-8-2-3-10-22(20)17-29-25-12-6-7-13-26(25)30(27(29)32)19-24(31)18-28-15-14-21-9-4-5-11-23(21)16-28/h2-13,24,31H,14-19H2,1H3. The van der Waals surface area contributed by atoms with Gasteiger partial charge < -0.3 is 5.11 Å². The van der Waals surface area contributed by atoms with Crippen LogP contribution >= 0.6 is 0 Å². The van der Waals surface area contributed by atoms with Crippen LogP contribution in [0, 0.1) is 6.92 Å². The number of hydrogen-bond donors (Lipinski definition) is 1. The molecule has 4 aromatic rings. The van der Waals surface area contributed by atoms with E-state index in [1.54, 1.807) is 4.57 Å². The van der Waals surface area contributed by atoms with E-state index >= 15 is 0 Å². The predicted molar refractivity (Wildman–Crippen MR) is 128 cm³/mol. The quantitative estimate of drug-likeness (QED) is 0.512. The van der Waals surface area contributed by atoms with Crippen LogP contribution < -0.4 is 5.69 Å². The molecule has 0 spiro atoms. The van der Waals surface area contributed by atoms with Gasteiger partial charge in [-0.15, -0.1) is 0 Å². The monoisotopic (exact) mass is 427 g/mol. The lowest BCUT2D eigenvalue weighted by Gasteiger charge is -2.30. The molecule has 164 valence electrons. The first-order valence-corrected chi connectivity index (χ1v) is 11.3. The van der Waals surface area contributed by atoms with Crippen molar-refractivity contribution in [3.05, 3.63) is 106 Å². The molecule has 5 heteroatoms. The zero-order chi connectivity index (χ0) is 22.1. The van der Waals surface area contributed by atoms with Crippen molar-refractivity contribution < 1.29 is 5.11 Å². The molecule has 0 aliphatic carbocycles. The number of aliphatic hydroxyl groups excluding tert-OH is 1. The van der Waals surface area contributed by atoms with Gasteiger partial charge in [0.05, 0.1) is 30.2 Å². The summed E-state index contributed by atoms with van der Waals surface area (Å²) in [6, 6.07) is 24.5. The maximum Gasteiger partial charge on any atom is 0.329 e. The number of rotatable bonds is 6. The Morgan fingerprint density at radius 3 is 2.28 bits per heavy atom. The van der Waals surface area contributed by atoms with Crippen LogP contribution in [0.1, 0.15) is 22.3 Å². The molecule has 5 nitrogen and oxygen atoms in total. The molecule has 0 fully saturated rings. The second-order valence-corrected chi connectivity index (χ2v) is 8.80. The summed E-state index contributed by atoms with van der Waals surface area (Å²) >= 11 is 0. The summed E-state index contributed by atoms with van der Waals surface area (Å²) in [7, 11) is 0. The zero-order valence-corrected chi connectivity index (χ0v) is 18.4. The molecule has 0 bridgehead atoms. The molecule has 32 heavy (non-hydrogen) atoms. The second-order valence-electron chi connectivity index (χ2n) is 8.80. The van der Waals surface area contributed by atoms with Crippen LogP contribution in [-0.2, 0) is 26.1 Å². The van der Waals surface area contributed by atoms with Gasteiger partial charge >= 0.3 is 5.69 Å². The number of β-amino-alcohol motifs (C(OH)–C–C–N with tert-alkyl or cyclic N) is 1. The summed E-state index contributed by atoms with van der Waals surface area (Å²) in [4.78, 5) is 15.7. The predicted octanol–water partition coefficient (Wildman–Crippen LogP) is 3.58. The van der Waals surface area contributed by atoms with Crippen LogP contribution in [0.15, 0.2) is 77.6 Å². The molecule has 0 saturated heterocycles. The minimum absolute atomic E-state index is 0.0718. The van der Waals surface area contributed by atoms with Crippen LogP contribution in [0.5, 0.6) is 0 Å². The average molecular weight is 428 g/mol. The van der Waals surface area contributed by atoms with Crippen molar-refractivity contribution in [3.8, 4) is 0 Å². The van der Waals surface area contributed by atoms with E-state index in [0.29, 0.717) is 13.1 Å². The van der Waals surface area contributed by atoms with Crippen LogP contribution in [-0.4, -0.2) is 38.3 Å². The number of benzene rings is 3. The Balaban J connectivity index is 1.38. The van der Waals surface area contributed by atoms with Crippen LogP contribution in [0.4, 0.5) is 0 Å². The second kappa shape index (κ2) is 8.77. The van der Waals surface area contributed by atoms with E-state index in [1.165, 1.54) is 16.7 Å². The molecule has 0 radical (unpaired) electrons. The molecule has 1 atom stereocenters. The first kappa shape index (κ1) is 20.7. The minimum Gasteiger partial charge on any atom is -0.390 e. The van der Waals surface area contributed by atoms with Crippen LogP contribution in [0.3, 0.4) is 0 Å². The molecular weight excluding hydrogens is 398 g/mol. The van der Waals surface area contributed by atoms with Crippen molar-refractivity contribution in [1.82, 2.24) is 14.0 Å². The maximum atomic E-state index is 13.4. The van der Waals surface area contributed by atoms with E-state index in [2.05, 4.69) is 48.2 Å².